The summed E-state index contributed by atoms with van der Waals surface area (Å²) in [6.07, 6.45) is 0.454. The number of carbonyl (C=O) groups is 2. The van der Waals surface area contributed by atoms with Gasteiger partial charge >= 0.3 is 0 Å². The number of likely N-dealkylation sites (tertiary alicyclic amines) is 1. The minimum Gasteiger partial charge on any atom is -0.507 e. The van der Waals surface area contributed by atoms with Crippen LogP contribution in [0.2, 0.25) is 0 Å². The van der Waals surface area contributed by atoms with Crippen molar-refractivity contribution in [3.63, 3.8) is 0 Å². The average molecular weight is 442 g/mol. The van der Waals surface area contributed by atoms with E-state index in [0.717, 1.165) is 11.1 Å². The SMILES string of the molecule is Cc1ccc(C(O)=C2C(=O)C(=O)N(CCc3ccccc3)C2c2ccccc2[N+](=O)[O-])cc1. The van der Waals surface area contributed by atoms with Gasteiger partial charge in [0, 0.05) is 18.2 Å². The molecule has 1 aliphatic heterocycles. The largest absolute Gasteiger partial charge is 0.507 e. The molecule has 0 saturated carbocycles. The van der Waals surface area contributed by atoms with Crippen molar-refractivity contribution in [2.75, 3.05) is 6.54 Å². The third-order valence-corrected chi connectivity index (χ3v) is 5.78. The summed E-state index contributed by atoms with van der Waals surface area (Å²) in [4.78, 5) is 38.7. The molecule has 1 unspecified atom stereocenters. The lowest BCUT2D eigenvalue weighted by Gasteiger charge is -2.25. The highest BCUT2D eigenvalue weighted by molar-refractivity contribution is 6.46. The van der Waals surface area contributed by atoms with Crippen LogP contribution in [0.3, 0.4) is 0 Å². The van der Waals surface area contributed by atoms with Crippen LogP contribution in [0, 0.1) is 17.0 Å². The Hall–Kier alpha value is -4.26. The zero-order chi connectivity index (χ0) is 23.5. The van der Waals surface area contributed by atoms with E-state index in [0.29, 0.717) is 12.0 Å². The van der Waals surface area contributed by atoms with Crippen molar-refractivity contribution >= 4 is 23.1 Å². The van der Waals surface area contributed by atoms with Gasteiger partial charge in [-0.3, -0.25) is 19.7 Å². The summed E-state index contributed by atoms with van der Waals surface area (Å²) < 4.78 is 0. The number of hydrogen-bond acceptors (Lipinski definition) is 5. The first-order valence-electron chi connectivity index (χ1n) is 10.5. The minimum absolute atomic E-state index is 0.147. The van der Waals surface area contributed by atoms with Gasteiger partial charge < -0.3 is 10.0 Å². The second-order valence-electron chi connectivity index (χ2n) is 7.91. The first-order valence-corrected chi connectivity index (χ1v) is 10.5. The van der Waals surface area contributed by atoms with E-state index in [1.165, 1.54) is 23.1 Å². The van der Waals surface area contributed by atoms with Crippen LogP contribution in [-0.4, -0.2) is 33.2 Å². The van der Waals surface area contributed by atoms with Crippen LogP contribution in [0.5, 0.6) is 0 Å². The van der Waals surface area contributed by atoms with E-state index in [2.05, 4.69) is 0 Å². The number of nitro benzene ring substituents is 1. The van der Waals surface area contributed by atoms with Crippen molar-refractivity contribution in [3.8, 4) is 0 Å². The number of benzene rings is 3. The molecular formula is C26H22N2O5. The Morgan fingerprint density at radius 1 is 0.970 bits per heavy atom. The van der Waals surface area contributed by atoms with E-state index >= 15 is 0 Å². The number of para-hydroxylation sites is 1. The van der Waals surface area contributed by atoms with Crippen LogP contribution in [-0.2, 0) is 16.0 Å². The van der Waals surface area contributed by atoms with Gasteiger partial charge in [-0.1, -0.05) is 72.3 Å². The molecule has 1 atom stereocenters. The number of carbonyl (C=O) groups excluding carboxylic acids is 2. The Balaban J connectivity index is 1.85. The third-order valence-electron chi connectivity index (χ3n) is 5.78. The summed E-state index contributed by atoms with van der Waals surface area (Å²) in [6.45, 7) is 2.05. The van der Waals surface area contributed by atoms with Crippen LogP contribution in [0.1, 0.15) is 28.3 Å². The molecule has 1 heterocycles. The summed E-state index contributed by atoms with van der Waals surface area (Å²) in [5.41, 5.74) is 2.10. The molecule has 0 aliphatic carbocycles. The predicted molar refractivity (Wildman–Crippen MR) is 123 cm³/mol. The molecule has 1 saturated heterocycles. The monoisotopic (exact) mass is 442 g/mol. The normalized spacial score (nSPS) is 17.4. The van der Waals surface area contributed by atoms with Crippen molar-refractivity contribution in [2.45, 2.75) is 19.4 Å². The average Bonchev–Trinajstić information content (AvgIpc) is 3.08. The Morgan fingerprint density at radius 2 is 1.61 bits per heavy atom. The number of Topliss-reactive ketones (excluding diaryl/α,β-unsaturated/α-hetero) is 1. The maximum Gasteiger partial charge on any atom is 0.295 e. The summed E-state index contributed by atoms with van der Waals surface area (Å²) in [7, 11) is 0. The van der Waals surface area contributed by atoms with Crippen molar-refractivity contribution < 1.29 is 19.6 Å². The molecule has 33 heavy (non-hydrogen) atoms. The topological polar surface area (TPSA) is 101 Å². The maximum absolute atomic E-state index is 13.1. The minimum atomic E-state index is -1.07. The predicted octanol–water partition coefficient (Wildman–Crippen LogP) is 4.57. The van der Waals surface area contributed by atoms with Crippen molar-refractivity contribution in [1.82, 2.24) is 4.90 Å². The van der Waals surface area contributed by atoms with E-state index in [9.17, 15) is 24.8 Å². The fourth-order valence-corrected chi connectivity index (χ4v) is 4.08. The first-order chi connectivity index (χ1) is 15.9. The van der Waals surface area contributed by atoms with Crippen molar-refractivity contribution in [3.05, 3.63) is 117 Å². The van der Waals surface area contributed by atoms with Gasteiger partial charge in [-0.25, -0.2) is 0 Å². The quantitative estimate of drug-likeness (QED) is 0.198. The van der Waals surface area contributed by atoms with E-state index in [1.807, 2.05) is 37.3 Å². The number of aliphatic hydroxyl groups is 1. The van der Waals surface area contributed by atoms with Gasteiger partial charge in [-0.05, 0) is 25.0 Å². The molecule has 1 N–H and O–H groups in total. The molecule has 4 rings (SSSR count). The Morgan fingerprint density at radius 3 is 2.27 bits per heavy atom. The molecule has 166 valence electrons. The summed E-state index contributed by atoms with van der Waals surface area (Å²) >= 11 is 0. The number of aryl methyl sites for hydroxylation is 1. The van der Waals surface area contributed by atoms with Gasteiger partial charge in [-0.2, -0.15) is 0 Å². The number of rotatable bonds is 6. The van der Waals surface area contributed by atoms with Gasteiger partial charge in [0.05, 0.1) is 22.1 Å². The van der Waals surface area contributed by atoms with E-state index in [1.54, 1.807) is 30.3 Å². The lowest BCUT2D eigenvalue weighted by Crippen LogP contribution is -2.32. The summed E-state index contributed by atoms with van der Waals surface area (Å²) in [5, 5.41) is 22.8. The fourth-order valence-electron chi connectivity index (χ4n) is 4.08. The molecule has 7 nitrogen and oxygen atoms in total. The molecule has 1 fully saturated rings. The molecule has 0 bridgehead atoms. The third kappa shape index (κ3) is 4.25. The van der Waals surface area contributed by atoms with Gasteiger partial charge in [0.15, 0.2) is 0 Å². The standard InChI is InChI=1S/C26H22N2O5/c1-17-11-13-19(14-12-17)24(29)22-23(20-9-5-6-10-21(20)28(32)33)27(26(31)25(22)30)16-15-18-7-3-2-4-8-18/h2-14,23,29H,15-16H2,1H3. The van der Waals surface area contributed by atoms with Gasteiger partial charge in [0.2, 0.25) is 0 Å². The Kier molecular flexibility index (Phi) is 6.04. The molecule has 7 heteroatoms. The van der Waals surface area contributed by atoms with Crippen LogP contribution in [0.15, 0.2) is 84.4 Å². The number of aliphatic hydroxyl groups excluding tert-OH is 1. The maximum atomic E-state index is 13.1. The number of hydrogen-bond donors (Lipinski definition) is 1. The van der Waals surface area contributed by atoms with Gasteiger partial charge in [0.1, 0.15) is 5.76 Å². The van der Waals surface area contributed by atoms with Crippen LogP contribution in [0.25, 0.3) is 5.76 Å². The highest BCUT2D eigenvalue weighted by Gasteiger charge is 2.47. The number of amides is 1. The molecule has 1 aliphatic rings. The zero-order valence-corrected chi connectivity index (χ0v) is 18.0. The Bertz CT molecular complexity index is 1250. The van der Waals surface area contributed by atoms with Crippen molar-refractivity contribution in [1.29, 1.82) is 0 Å². The Labute approximate surface area is 190 Å². The molecule has 0 aromatic heterocycles. The molecule has 0 spiro atoms. The zero-order valence-electron chi connectivity index (χ0n) is 18.0. The van der Waals surface area contributed by atoms with Crippen LogP contribution in [0.4, 0.5) is 5.69 Å². The van der Waals surface area contributed by atoms with Crippen molar-refractivity contribution in [2.24, 2.45) is 0 Å². The summed E-state index contributed by atoms with van der Waals surface area (Å²) in [6, 6.07) is 21.2. The number of nitrogens with zero attached hydrogens (tertiary/aromatic N) is 2. The number of nitro groups is 1. The highest BCUT2D eigenvalue weighted by atomic mass is 16.6. The second-order valence-corrected chi connectivity index (χ2v) is 7.91. The van der Waals surface area contributed by atoms with E-state index in [-0.39, 0.29) is 29.1 Å². The van der Waals surface area contributed by atoms with Crippen LogP contribution < -0.4 is 0 Å². The van der Waals surface area contributed by atoms with Gasteiger partial charge in [-0.15, -0.1) is 0 Å². The molecule has 1 amide bonds. The van der Waals surface area contributed by atoms with E-state index in [4.69, 9.17) is 0 Å². The molecule has 0 radical (unpaired) electrons. The smallest absolute Gasteiger partial charge is 0.295 e. The fraction of sp³-hybridized carbons (Fsp3) is 0.154. The lowest BCUT2D eigenvalue weighted by molar-refractivity contribution is -0.385. The second kappa shape index (κ2) is 9.08. The molecule has 3 aromatic carbocycles. The van der Waals surface area contributed by atoms with Gasteiger partial charge in [0.25, 0.3) is 17.4 Å². The number of ketones is 1. The highest BCUT2D eigenvalue weighted by Crippen LogP contribution is 2.42. The van der Waals surface area contributed by atoms with E-state index < -0.39 is 22.7 Å². The summed E-state index contributed by atoms with van der Waals surface area (Å²) in [5.74, 6) is -1.99. The molecular weight excluding hydrogens is 420 g/mol. The van der Waals surface area contributed by atoms with Crippen LogP contribution >= 0.6 is 0 Å². The lowest BCUT2D eigenvalue weighted by atomic mass is 9.94. The molecule has 3 aromatic rings. The first kappa shape index (κ1) is 22.0.